The van der Waals surface area contributed by atoms with Gasteiger partial charge in [0.2, 0.25) is 0 Å². The molecule has 0 atom stereocenters. The van der Waals surface area contributed by atoms with Crippen LogP contribution in [0.1, 0.15) is 30.6 Å². The van der Waals surface area contributed by atoms with Gasteiger partial charge in [-0.2, -0.15) is 0 Å². The van der Waals surface area contributed by atoms with Crippen molar-refractivity contribution in [3.63, 3.8) is 0 Å². The van der Waals surface area contributed by atoms with Gasteiger partial charge in [0.05, 0.1) is 12.2 Å². The van der Waals surface area contributed by atoms with E-state index in [-0.39, 0.29) is 18.4 Å². The van der Waals surface area contributed by atoms with Gasteiger partial charge >= 0.3 is 5.97 Å². The van der Waals surface area contributed by atoms with E-state index >= 15 is 0 Å². The van der Waals surface area contributed by atoms with Crippen LogP contribution in [-0.4, -0.2) is 41.5 Å². The quantitative estimate of drug-likeness (QED) is 0.831. The molecule has 5 nitrogen and oxygen atoms in total. The van der Waals surface area contributed by atoms with Gasteiger partial charge in [0, 0.05) is 23.6 Å². The van der Waals surface area contributed by atoms with Crippen molar-refractivity contribution in [3.05, 3.63) is 36.0 Å². The van der Waals surface area contributed by atoms with Crippen molar-refractivity contribution < 1.29 is 14.3 Å². The summed E-state index contributed by atoms with van der Waals surface area (Å²) in [6, 6.07) is 7.62. The fourth-order valence-corrected chi connectivity index (χ4v) is 2.30. The third-order valence-corrected chi connectivity index (χ3v) is 3.23. The van der Waals surface area contributed by atoms with Gasteiger partial charge in [-0.1, -0.05) is 25.1 Å². The molecule has 1 aromatic carbocycles. The predicted octanol–water partition coefficient (Wildman–Crippen LogP) is 2.58. The van der Waals surface area contributed by atoms with Gasteiger partial charge in [0.15, 0.2) is 0 Å². The van der Waals surface area contributed by atoms with E-state index in [4.69, 9.17) is 4.74 Å². The van der Waals surface area contributed by atoms with E-state index in [1.807, 2.05) is 31.2 Å². The molecule has 0 radical (unpaired) electrons. The maximum absolute atomic E-state index is 12.6. The SMILES string of the molecule is CCCN(CC(=O)OCC)C(=O)c1c[nH]c2ccccc12. The molecule has 0 saturated heterocycles. The van der Waals surface area contributed by atoms with Crippen molar-refractivity contribution in [2.45, 2.75) is 20.3 Å². The summed E-state index contributed by atoms with van der Waals surface area (Å²) in [4.78, 5) is 28.9. The minimum atomic E-state index is -0.376. The Balaban J connectivity index is 2.23. The second-order valence-corrected chi connectivity index (χ2v) is 4.78. The molecule has 0 unspecified atom stereocenters. The van der Waals surface area contributed by atoms with Crippen molar-refractivity contribution in [2.75, 3.05) is 19.7 Å². The molecule has 1 N–H and O–H groups in total. The van der Waals surface area contributed by atoms with Crippen molar-refractivity contribution in [2.24, 2.45) is 0 Å². The highest BCUT2D eigenvalue weighted by atomic mass is 16.5. The first-order valence-corrected chi connectivity index (χ1v) is 7.18. The van der Waals surface area contributed by atoms with E-state index in [9.17, 15) is 9.59 Å². The van der Waals surface area contributed by atoms with Crippen LogP contribution in [0.3, 0.4) is 0 Å². The Morgan fingerprint density at radius 3 is 2.71 bits per heavy atom. The number of carbonyl (C=O) groups is 2. The fraction of sp³-hybridized carbons (Fsp3) is 0.375. The van der Waals surface area contributed by atoms with Crippen LogP contribution in [-0.2, 0) is 9.53 Å². The number of esters is 1. The van der Waals surface area contributed by atoms with E-state index in [1.165, 1.54) is 4.90 Å². The number of aromatic amines is 1. The highest BCUT2D eigenvalue weighted by Gasteiger charge is 2.21. The predicted molar refractivity (Wildman–Crippen MR) is 81.1 cm³/mol. The third kappa shape index (κ3) is 3.42. The standard InChI is InChI=1S/C16H20N2O3/c1-3-9-18(11-15(19)21-4-2)16(20)13-10-17-14-8-6-5-7-12(13)14/h5-8,10,17H,3-4,9,11H2,1-2H3. The molecule has 0 aliphatic carbocycles. The normalized spacial score (nSPS) is 10.6. The molecule has 0 saturated carbocycles. The van der Waals surface area contributed by atoms with Crippen molar-refractivity contribution in [1.29, 1.82) is 0 Å². The molecule has 1 amide bonds. The number of ether oxygens (including phenoxy) is 1. The Labute approximate surface area is 123 Å². The maximum atomic E-state index is 12.6. The Bertz CT molecular complexity index is 633. The number of benzene rings is 1. The minimum Gasteiger partial charge on any atom is -0.465 e. The molecule has 2 aromatic rings. The van der Waals surface area contributed by atoms with Crippen LogP contribution in [0.15, 0.2) is 30.5 Å². The zero-order chi connectivity index (χ0) is 15.2. The van der Waals surface area contributed by atoms with Crippen LogP contribution in [0.5, 0.6) is 0 Å². The van der Waals surface area contributed by atoms with Gasteiger partial charge in [-0.25, -0.2) is 0 Å². The van der Waals surface area contributed by atoms with Gasteiger partial charge in [0.1, 0.15) is 6.54 Å². The summed E-state index contributed by atoms with van der Waals surface area (Å²) < 4.78 is 4.93. The lowest BCUT2D eigenvalue weighted by molar-refractivity contribution is -0.143. The topological polar surface area (TPSA) is 62.4 Å². The first kappa shape index (κ1) is 15.1. The molecule has 0 aliphatic heterocycles. The highest BCUT2D eigenvalue weighted by Crippen LogP contribution is 2.19. The van der Waals surface area contributed by atoms with Crippen molar-refractivity contribution in [3.8, 4) is 0 Å². The van der Waals surface area contributed by atoms with Gasteiger partial charge in [0.25, 0.3) is 5.91 Å². The number of fused-ring (bicyclic) bond motifs is 1. The summed E-state index contributed by atoms with van der Waals surface area (Å²) >= 11 is 0. The molecule has 0 fully saturated rings. The monoisotopic (exact) mass is 288 g/mol. The number of carbonyl (C=O) groups excluding carboxylic acids is 2. The largest absolute Gasteiger partial charge is 0.465 e. The van der Waals surface area contributed by atoms with Crippen LogP contribution in [0.2, 0.25) is 0 Å². The van der Waals surface area contributed by atoms with Crippen LogP contribution in [0.4, 0.5) is 0 Å². The molecule has 21 heavy (non-hydrogen) atoms. The number of para-hydroxylation sites is 1. The summed E-state index contributed by atoms with van der Waals surface area (Å²) in [5.74, 6) is -0.526. The molecule has 2 rings (SSSR count). The molecule has 1 heterocycles. The van der Waals surface area contributed by atoms with E-state index in [0.29, 0.717) is 18.7 Å². The van der Waals surface area contributed by atoms with Crippen molar-refractivity contribution in [1.82, 2.24) is 9.88 Å². The Morgan fingerprint density at radius 1 is 1.24 bits per heavy atom. The zero-order valence-corrected chi connectivity index (χ0v) is 12.4. The second kappa shape index (κ2) is 6.92. The summed E-state index contributed by atoms with van der Waals surface area (Å²) in [7, 11) is 0. The summed E-state index contributed by atoms with van der Waals surface area (Å²) in [6.07, 6.45) is 2.48. The lowest BCUT2D eigenvalue weighted by Gasteiger charge is -2.20. The zero-order valence-electron chi connectivity index (χ0n) is 12.4. The molecule has 5 heteroatoms. The number of hydrogen-bond acceptors (Lipinski definition) is 3. The van der Waals surface area contributed by atoms with Crippen LogP contribution in [0.25, 0.3) is 10.9 Å². The Kier molecular flexibility index (Phi) is 4.98. The van der Waals surface area contributed by atoms with E-state index in [2.05, 4.69) is 4.98 Å². The molecule has 0 bridgehead atoms. The summed E-state index contributed by atoms with van der Waals surface area (Å²) in [5, 5.41) is 0.868. The van der Waals surface area contributed by atoms with Crippen LogP contribution in [0, 0.1) is 0 Å². The van der Waals surface area contributed by atoms with E-state index in [0.717, 1.165) is 17.3 Å². The molecule has 0 aliphatic rings. The Hall–Kier alpha value is -2.30. The average molecular weight is 288 g/mol. The van der Waals surface area contributed by atoms with Gasteiger partial charge in [-0.05, 0) is 19.4 Å². The third-order valence-electron chi connectivity index (χ3n) is 3.23. The van der Waals surface area contributed by atoms with Gasteiger partial charge in [-0.15, -0.1) is 0 Å². The number of hydrogen-bond donors (Lipinski definition) is 1. The average Bonchev–Trinajstić information content (AvgIpc) is 2.90. The molecule has 1 aromatic heterocycles. The number of rotatable bonds is 6. The minimum absolute atomic E-state index is 0.0139. The fourth-order valence-electron chi connectivity index (χ4n) is 2.30. The summed E-state index contributed by atoms with van der Waals surface area (Å²) in [6.45, 7) is 4.56. The molecular formula is C16H20N2O3. The number of amides is 1. The number of aromatic nitrogens is 1. The number of nitrogens with zero attached hydrogens (tertiary/aromatic N) is 1. The van der Waals surface area contributed by atoms with Gasteiger partial charge in [-0.3, -0.25) is 9.59 Å². The first-order valence-electron chi connectivity index (χ1n) is 7.18. The van der Waals surface area contributed by atoms with Crippen LogP contribution >= 0.6 is 0 Å². The highest BCUT2D eigenvalue weighted by molar-refractivity contribution is 6.07. The molecular weight excluding hydrogens is 268 g/mol. The van der Waals surface area contributed by atoms with Crippen molar-refractivity contribution >= 4 is 22.8 Å². The Morgan fingerprint density at radius 2 is 2.00 bits per heavy atom. The van der Waals surface area contributed by atoms with Crippen LogP contribution < -0.4 is 0 Å². The van der Waals surface area contributed by atoms with E-state index < -0.39 is 0 Å². The lowest BCUT2D eigenvalue weighted by atomic mass is 10.1. The number of H-pyrrole nitrogens is 1. The maximum Gasteiger partial charge on any atom is 0.325 e. The first-order chi connectivity index (χ1) is 10.2. The molecule has 112 valence electrons. The van der Waals surface area contributed by atoms with Gasteiger partial charge < -0.3 is 14.6 Å². The van der Waals surface area contributed by atoms with E-state index in [1.54, 1.807) is 13.1 Å². The second-order valence-electron chi connectivity index (χ2n) is 4.78. The molecule has 0 spiro atoms. The lowest BCUT2D eigenvalue weighted by Crippen LogP contribution is -2.37. The number of nitrogens with one attached hydrogen (secondary N) is 1. The smallest absolute Gasteiger partial charge is 0.325 e. The summed E-state index contributed by atoms with van der Waals surface area (Å²) in [5.41, 5.74) is 1.50.